The first-order valence-electron chi connectivity index (χ1n) is 7.17. The van der Waals surface area contributed by atoms with Crippen LogP contribution in [0.15, 0.2) is 17.1 Å². The predicted molar refractivity (Wildman–Crippen MR) is 81.0 cm³/mol. The summed E-state index contributed by atoms with van der Waals surface area (Å²) in [5.41, 5.74) is 1.74. The average Bonchev–Trinajstić information content (AvgIpc) is 2.27. The van der Waals surface area contributed by atoms with Gasteiger partial charge in [0.2, 0.25) is 0 Å². The van der Waals surface area contributed by atoms with E-state index in [0.29, 0.717) is 17.3 Å². The average molecular weight is 263 g/mol. The summed E-state index contributed by atoms with van der Waals surface area (Å²) >= 11 is 4.90. The molecule has 0 spiro atoms. The Balaban J connectivity index is 2.44. The minimum Gasteiger partial charge on any atom is -0.226 e. The molecule has 0 aliphatic heterocycles. The first-order valence-corrected chi connectivity index (χ1v) is 7.58. The van der Waals surface area contributed by atoms with Gasteiger partial charge in [-0.2, -0.15) is 0 Å². The summed E-state index contributed by atoms with van der Waals surface area (Å²) in [5, 5.41) is 2.67. The van der Waals surface area contributed by atoms with E-state index in [0.717, 1.165) is 6.42 Å². The number of fused-ring (bicyclic) bond motifs is 1. The fourth-order valence-electron chi connectivity index (χ4n) is 4.76. The molecule has 2 fully saturated rings. The van der Waals surface area contributed by atoms with Crippen LogP contribution < -0.4 is 0 Å². The maximum atomic E-state index is 4.90. The number of isothiocyanates is 1. The van der Waals surface area contributed by atoms with E-state index < -0.39 is 0 Å². The lowest BCUT2D eigenvalue weighted by Gasteiger charge is -2.56. The largest absolute Gasteiger partial charge is 0.226 e. The summed E-state index contributed by atoms with van der Waals surface area (Å²) in [6.45, 7) is 11.2. The van der Waals surface area contributed by atoms with Crippen LogP contribution in [0.4, 0.5) is 0 Å². The SMILES string of the molecule is C=C(C)[C@H]1CCC[C@@]2(C)CCC[C@@](C)(N=C=S)[C@H]12. The van der Waals surface area contributed by atoms with Crippen LogP contribution in [0, 0.1) is 17.3 Å². The Labute approximate surface area is 117 Å². The zero-order valence-corrected chi connectivity index (χ0v) is 12.8. The van der Waals surface area contributed by atoms with E-state index >= 15 is 0 Å². The third kappa shape index (κ3) is 2.21. The van der Waals surface area contributed by atoms with Crippen LogP contribution in [0.3, 0.4) is 0 Å². The number of aliphatic imine (C=N–C) groups is 1. The summed E-state index contributed by atoms with van der Waals surface area (Å²) in [5.74, 6) is 1.21. The normalized spacial score (nSPS) is 43.7. The molecule has 2 heteroatoms. The molecule has 4 atom stereocenters. The number of hydrogen-bond donors (Lipinski definition) is 0. The van der Waals surface area contributed by atoms with E-state index in [9.17, 15) is 0 Å². The number of hydrogen-bond acceptors (Lipinski definition) is 2. The molecule has 18 heavy (non-hydrogen) atoms. The van der Waals surface area contributed by atoms with E-state index in [-0.39, 0.29) is 5.54 Å². The van der Waals surface area contributed by atoms with Gasteiger partial charge in [0.05, 0.1) is 10.7 Å². The molecule has 0 amide bonds. The molecule has 0 radical (unpaired) electrons. The Morgan fingerprint density at radius 3 is 2.56 bits per heavy atom. The van der Waals surface area contributed by atoms with Crippen molar-refractivity contribution < 1.29 is 0 Å². The van der Waals surface area contributed by atoms with Crippen LogP contribution in [0.5, 0.6) is 0 Å². The standard InChI is InChI=1S/C16H25NS/c1-12(2)13-7-5-8-15(3)9-6-10-16(4,14(13)15)17-11-18/h13-14H,1,5-10H2,2-4H3/t13-,14-,15+,16-/m1/s1. The molecular formula is C16H25NS. The van der Waals surface area contributed by atoms with Crippen LogP contribution in [-0.2, 0) is 0 Å². The van der Waals surface area contributed by atoms with E-state index in [2.05, 4.69) is 37.5 Å². The number of rotatable bonds is 2. The molecule has 0 heterocycles. The second kappa shape index (κ2) is 4.90. The van der Waals surface area contributed by atoms with Gasteiger partial charge in [-0.3, -0.25) is 0 Å². The van der Waals surface area contributed by atoms with Crippen molar-refractivity contribution in [3.63, 3.8) is 0 Å². The summed E-state index contributed by atoms with van der Waals surface area (Å²) in [6, 6.07) is 0. The van der Waals surface area contributed by atoms with Gasteiger partial charge in [0.25, 0.3) is 0 Å². The molecule has 0 unspecified atom stereocenters. The first-order chi connectivity index (χ1) is 8.43. The van der Waals surface area contributed by atoms with Crippen molar-refractivity contribution in [3.05, 3.63) is 12.2 Å². The lowest BCUT2D eigenvalue weighted by Crippen LogP contribution is -2.52. The van der Waals surface area contributed by atoms with Crippen LogP contribution in [0.2, 0.25) is 0 Å². The Hall–Kier alpha value is -0.460. The van der Waals surface area contributed by atoms with E-state index in [4.69, 9.17) is 12.2 Å². The van der Waals surface area contributed by atoms with Gasteiger partial charge in [0, 0.05) is 0 Å². The van der Waals surface area contributed by atoms with Gasteiger partial charge in [-0.05, 0) is 69.0 Å². The molecule has 2 aliphatic rings. The molecule has 2 saturated carbocycles. The van der Waals surface area contributed by atoms with Crippen molar-refractivity contribution >= 4 is 17.4 Å². The quantitative estimate of drug-likeness (QED) is 0.386. The topological polar surface area (TPSA) is 12.4 Å². The van der Waals surface area contributed by atoms with Gasteiger partial charge in [-0.1, -0.05) is 31.9 Å². The van der Waals surface area contributed by atoms with E-state index in [1.54, 1.807) is 0 Å². The Bertz CT molecular complexity index is 392. The molecule has 0 saturated heterocycles. The molecule has 0 aromatic heterocycles. The van der Waals surface area contributed by atoms with Crippen LogP contribution in [0.1, 0.15) is 59.3 Å². The van der Waals surface area contributed by atoms with E-state index in [1.807, 2.05) is 0 Å². The summed E-state index contributed by atoms with van der Waals surface area (Å²) in [4.78, 5) is 4.60. The summed E-state index contributed by atoms with van der Waals surface area (Å²) < 4.78 is 0. The second-order valence-electron chi connectivity index (χ2n) is 6.89. The Morgan fingerprint density at radius 1 is 1.28 bits per heavy atom. The monoisotopic (exact) mass is 263 g/mol. The molecule has 2 aliphatic carbocycles. The zero-order valence-electron chi connectivity index (χ0n) is 12.0. The van der Waals surface area contributed by atoms with Crippen LogP contribution >= 0.6 is 12.2 Å². The number of allylic oxidation sites excluding steroid dienone is 1. The van der Waals surface area contributed by atoms with Crippen molar-refractivity contribution in [1.29, 1.82) is 0 Å². The van der Waals surface area contributed by atoms with Gasteiger partial charge in [0.1, 0.15) is 0 Å². The number of thiocarbonyl (C=S) groups is 1. The highest BCUT2D eigenvalue weighted by atomic mass is 32.1. The minimum absolute atomic E-state index is 0.0151. The second-order valence-corrected chi connectivity index (χ2v) is 7.07. The Morgan fingerprint density at radius 2 is 1.94 bits per heavy atom. The van der Waals surface area contributed by atoms with Crippen molar-refractivity contribution in [2.75, 3.05) is 0 Å². The number of nitrogens with zero attached hydrogens (tertiary/aromatic N) is 1. The van der Waals surface area contributed by atoms with Gasteiger partial charge in [-0.25, -0.2) is 4.99 Å². The summed E-state index contributed by atoms with van der Waals surface area (Å²) in [6.07, 6.45) is 7.71. The third-order valence-electron chi connectivity index (χ3n) is 5.45. The van der Waals surface area contributed by atoms with Crippen molar-refractivity contribution in [1.82, 2.24) is 0 Å². The molecule has 1 nitrogen and oxygen atoms in total. The van der Waals surface area contributed by atoms with Gasteiger partial charge in [-0.15, -0.1) is 0 Å². The predicted octanol–water partition coefficient (Wildman–Crippen LogP) is 5.03. The molecule has 2 rings (SSSR count). The fourth-order valence-corrected chi connectivity index (χ4v) is 4.97. The van der Waals surface area contributed by atoms with Gasteiger partial charge < -0.3 is 0 Å². The first kappa shape index (κ1) is 14.0. The minimum atomic E-state index is -0.0151. The third-order valence-corrected chi connectivity index (χ3v) is 5.54. The zero-order chi connectivity index (χ0) is 13.4. The Kier molecular flexibility index (Phi) is 3.80. The highest BCUT2D eigenvalue weighted by Crippen LogP contribution is 2.58. The summed E-state index contributed by atoms with van der Waals surface area (Å²) in [7, 11) is 0. The van der Waals surface area contributed by atoms with Gasteiger partial charge >= 0.3 is 0 Å². The van der Waals surface area contributed by atoms with Gasteiger partial charge in [0.15, 0.2) is 0 Å². The highest BCUT2D eigenvalue weighted by molar-refractivity contribution is 7.78. The lowest BCUT2D eigenvalue weighted by atomic mass is 9.50. The fraction of sp³-hybridized carbons (Fsp3) is 0.812. The van der Waals surface area contributed by atoms with Crippen LogP contribution in [-0.4, -0.2) is 10.7 Å². The van der Waals surface area contributed by atoms with Crippen molar-refractivity contribution in [3.8, 4) is 0 Å². The molecule has 0 N–H and O–H groups in total. The lowest BCUT2D eigenvalue weighted by molar-refractivity contribution is -0.0227. The highest BCUT2D eigenvalue weighted by Gasteiger charge is 2.53. The molecule has 0 bridgehead atoms. The molecule has 0 aromatic rings. The van der Waals surface area contributed by atoms with Crippen molar-refractivity contribution in [2.24, 2.45) is 22.2 Å². The maximum absolute atomic E-state index is 4.90. The van der Waals surface area contributed by atoms with Crippen molar-refractivity contribution in [2.45, 2.75) is 64.8 Å². The maximum Gasteiger partial charge on any atom is 0.0721 e. The smallest absolute Gasteiger partial charge is 0.0721 e. The van der Waals surface area contributed by atoms with Crippen LogP contribution in [0.25, 0.3) is 0 Å². The molecule has 0 aromatic carbocycles. The molecular weight excluding hydrogens is 238 g/mol. The molecule has 100 valence electrons. The van der Waals surface area contributed by atoms with E-state index in [1.165, 1.54) is 37.7 Å².